The first-order valence-corrected chi connectivity index (χ1v) is 9.72. The molecular weight excluding hydrogens is 368 g/mol. The highest BCUT2D eigenvalue weighted by Crippen LogP contribution is 2.28. The quantitative estimate of drug-likeness (QED) is 0.634. The molecule has 9 heteroatoms. The second-order valence-electron chi connectivity index (χ2n) is 6.74. The number of aromatic nitrogens is 2. The summed E-state index contributed by atoms with van der Waals surface area (Å²) < 4.78 is 1.73. The lowest BCUT2D eigenvalue weighted by Crippen LogP contribution is -2.49. The largest absolute Gasteiger partial charge is 0.481 e. The molecule has 0 saturated heterocycles. The lowest BCUT2D eigenvalue weighted by molar-refractivity contribution is -0.149. The van der Waals surface area contributed by atoms with Crippen LogP contribution in [0.1, 0.15) is 49.0 Å². The fourth-order valence-electron chi connectivity index (χ4n) is 2.94. The fourth-order valence-corrected chi connectivity index (χ4v) is 3.96. The van der Waals surface area contributed by atoms with E-state index >= 15 is 0 Å². The summed E-state index contributed by atoms with van der Waals surface area (Å²) >= 11 is 1.31. The molecule has 3 N–H and O–H groups in total. The fraction of sp³-hybridized carbons (Fsp3) is 0.556. The second kappa shape index (κ2) is 8.08. The number of nitrogens with one attached hydrogen (secondary N) is 2. The second-order valence-corrected chi connectivity index (χ2v) is 7.77. The molecule has 0 aliphatic heterocycles. The van der Waals surface area contributed by atoms with E-state index in [2.05, 4.69) is 15.7 Å². The lowest BCUT2D eigenvalue weighted by Gasteiger charge is -2.27. The van der Waals surface area contributed by atoms with E-state index in [4.69, 9.17) is 0 Å². The SMILES string of the molecule is CCC(CC)(CNC(=O)C(C)NC(=O)c1cc2c(C)nn(C)c2s1)C(=O)O. The first-order chi connectivity index (χ1) is 12.6. The van der Waals surface area contributed by atoms with E-state index in [0.717, 1.165) is 15.9 Å². The van der Waals surface area contributed by atoms with E-state index in [9.17, 15) is 19.5 Å². The minimum absolute atomic E-state index is 0.0299. The van der Waals surface area contributed by atoms with E-state index in [-0.39, 0.29) is 12.5 Å². The van der Waals surface area contributed by atoms with Gasteiger partial charge in [-0.3, -0.25) is 19.1 Å². The average Bonchev–Trinajstić information content (AvgIpc) is 3.17. The molecule has 27 heavy (non-hydrogen) atoms. The van der Waals surface area contributed by atoms with Crippen LogP contribution in [0.15, 0.2) is 6.07 Å². The summed E-state index contributed by atoms with van der Waals surface area (Å²) in [7, 11) is 1.82. The number of rotatable bonds is 8. The molecule has 0 saturated carbocycles. The van der Waals surface area contributed by atoms with Crippen LogP contribution in [-0.2, 0) is 16.6 Å². The van der Waals surface area contributed by atoms with Gasteiger partial charge in [-0.2, -0.15) is 5.10 Å². The van der Waals surface area contributed by atoms with Gasteiger partial charge in [0.15, 0.2) is 0 Å². The third kappa shape index (κ3) is 4.13. The van der Waals surface area contributed by atoms with Crippen molar-refractivity contribution in [2.24, 2.45) is 12.5 Å². The molecule has 2 heterocycles. The van der Waals surface area contributed by atoms with E-state index in [1.54, 1.807) is 31.5 Å². The van der Waals surface area contributed by atoms with Gasteiger partial charge >= 0.3 is 5.97 Å². The Hall–Kier alpha value is -2.42. The lowest BCUT2D eigenvalue weighted by atomic mass is 9.82. The van der Waals surface area contributed by atoms with Crippen LogP contribution in [0.25, 0.3) is 10.2 Å². The maximum atomic E-state index is 12.5. The molecule has 0 fully saturated rings. The maximum absolute atomic E-state index is 12.5. The average molecular weight is 394 g/mol. The molecule has 0 bridgehead atoms. The number of carbonyl (C=O) groups is 3. The van der Waals surface area contributed by atoms with Crippen molar-refractivity contribution in [1.29, 1.82) is 0 Å². The number of nitrogens with zero attached hydrogens (tertiary/aromatic N) is 2. The van der Waals surface area contributed by atoms with Gasteiger partial charge in [0.05, 0.1) is 16.0 Å². The molecule has 0 radical (unpaired) electrons. The first-order valence-electron chi connectivity index (χ1n) is 8.90. The summed E-state index contributed by atoms with van der Waals surface area (Å²) in [5, 5.41) is 20.0. The van der Waals surface area contributed by atoms with Crippen LogP contribution in [0.4, 0.5) is 0 Å². The van der Waals surface area contributed by atoms with Crippen molar-refractivity contribution in [3.05, 3.63) is 16.6 Å². The van der Waals surface area contributed by atoms with E-state index in [1.165, 1.54) is 11.3 Å². The Kier molecular flexibility index (Phi) is 6.25. The molecule has 2 aromatic heterocycles. The summed E-state index contributed by atoms with van der Waals surface area (Å²) in [5.41, 5.74) is -0.146. The van der Waals surface area contributed by atoms with Gasteiger partial charge in [-0.25, -0.2) is 0 Å². The molecule has 0 spiro atoms. The number of aliphatic carboxylic acids is 1. The molecule has 148 valence electrons. The monoisotopic (exact) mass is 394 g/mol. The Morgan fingerprint density at radius 3 is 2.48 bits per heavy atom. The van der Waals surface area contributed by atoms with E-state index < -0.39 is 23.3 Å². The Bertz CT molecular complexity index is 832. The van der Waals surface area contributed by atoms with Gasteiger partial charge in [-0.05, 0) is 32.8 Å². The van der Waals surface area contributed by atoms with Crippen LogP contribution in [0.5, 0.6) is 0 Å². The van der Waals surface area contributed by atoms with Crippen molar-refractivity contribution in [1.82, 2.24) is 20.4 Å². The van der Waals surface area contributed by atoms with Crippen LogP contribution in [-0.4, -0.2) is 45.3 Å². The van der Waals surface area contributed by atoms with Crippen LogP contribution >= 0.6 is 11.3 Å². The summed E-state index contributed by atoms with van der Waals surface area (Å²) in [6.45, 7) is 7.05. The number of hydrogen-bond acceptors (Lipinski definition) is 5. The van der Waals surface area contributed by atoms with Gasteiger partial charge in [0, 0.05) is 19.0 Å². The molecule has 0 aliphatic carbocycles. The minimum atomic E-state index is -0.991. The number of hydrogen-bond donors (Lipinski definition) is 3. The van der Waals surface area contributed by atoms with E-state index in [1.807, 2.05) is 14.0 Å². The Labute approximate surface area is 161 Å². The van der Waals surface area contributed by atoms with Crippen LogP contribution in [0.3, 0.4) is 0 Å². The zero-order chi connectivity index (χ0) is 20.4. The zero-order valence-electron chi connectivity index (χ0n) is 16.3. The first kappa shape index (κ1) is 20.9. The van der Waals surface area contributed by atoms with Crippen molar-refractivity contribution in [3.8, 4) is 0 Å². The number of carboxylic acid groups (broad SMARTS) is 1. The summed E-state index contributed by atoms with van der Waals surface area (Å²) in [6, 6.07) is 0.994. The van der Waals surface area contributed by atoms with Gasteiger partial charge in [0.25, 0.3) is 5.91 Å². The van der Waals surface area contributed by atoms with Crippen LogP contribution < -0.4 is 10.6 Å². The molecule has 0 aliphatic rings. The van der Waals surface area contributed by atoms with Crippen LogP contribution in [0.2, 0.25) is 0 Å². The molecule has 2 amide bonds. The summed E-state index contributed by atoms with van der Waals surface area (Å²) in [4.78, 5) is 37.7. The summed E-state index contributed by atoms with van der Waals surface area (Å²) in [6.07, 6.45) is 0.823. The number of aryl methyl sites for hydroxylation is 2. The standard InChI is InChI=1S/C18H26N4O4S/c1-6-18(7-2,17(25)26)9-19-14(23)11(4)20-15(24)13-8-12-10(3)21-22(5)16(12)27-13/h8,11H,6-7,9H2,1-5H3,(H,19,23)(H,20,24)(H,25,26). The third-order valence-electron chi connectivity index (χ3n) is 5.07. The highest BCUT2D eigenvalue weighted by atomic mass is 32.1. The molecule has 2 aromatic rings. The maximum Gasteiger partial charge on any atom is 0.311 e. The number of fused-ring (bicyclic) bond motifs is 1. The number of carbonyl (C=O) groups excluding carboxylic acids is 2. The van der Waals surface area contributed by atoms with Gasteiger partial charge in [-0.1, -0.05) is 13.8 Å². The predicted octanol–water partition coefficient (Wildman–Crippen LogP) is 2.07. The summed E-state index contributed by atoms with van der Waals surface area (Å²) in [5.74, 6) is -1.68. The van der Waals surface area contributed by atoms with E-state index in [0.29, 0.717) is 17.7 Å². The normalized spacial score (nSPS) is 12.8. The molecule has 2 rings (SSSR count). The topological polar surface area (TPSA) is 113 Å². The van der Waals surface area contributed by atoms with Crippen molar-refractivity contribution >= 4 is 39.3 Å². The highest BCUT2D eigenvalue weighted by Gasteiger charge is 2.35. The third-order valence-corrected chi connectivity index (χ3v) is 6.27. The van der Waals surface area contributed by atoms with Gasteiger partial charge in [0.2, 0.25) is 5.91 Å². The van der Waals surface area contributed by atoms with Gasteiger partial charge in [0.1, 0.15) is 10.9 Å². The molecule has 8 nitrogen and oxygen atoms in total. The van der Waals surface area contributed by atoms with Crippen LogP contribution in [0, 0.1) is 12.3 Å². The zero-order valence-corrected chi connectivity index (χ0v) is 17.1. The van der Waals surface area contributed by atoms with Crippen molar-refractivity contribution in [2.45, 2.75) is 46.6 Å². The Morgan fingerprint density at radius 2 is 1.96 bits per heavy atom. The Morgan fingerprint density at radius 1 is 1.33 bits per heavy atom. The molecule has 0 aromatic carbocycles. The number of amides is 2. The van der Waals surface area contributed by atoms with Gasteiger partial charge in [-0.15, -0.1) is 11.3 Å². The van der Waals surface area contributed by atoms with Crippen molar-refractivity contribution < 1.29 is 19.5 Å². The highest BCUT2D eigenvalue weighted by molar-refractivity contribution is 7.20. The van der Waals surface area contributed by atoms with Crippen molar-refractivity contribution in [2.75, 3.05) is 6.54 Å². The predicted molar refractivity (Wildman–Crippen MR) is 104 cm³/mol. The molecule has 1 unspecified atom stereocenters. The van der Waals surface area contributed by atoms with Crippen molar-refractivity contribution in [3.63, 3.8) is 0 Å². The smallest absolute Gasteiger partial charge is 0.311 e. The number of thiophene rings is 1. The Balaban J connectivity index is 2.01. The number of carboxylic acids is 1. The minimum Gasteiger partial charge on any atom is -0.481 e. The van der Waals surface area contributed by atoms with Gasteiger partial charge < -0.3 is 15.7 Å². The molecular formula is C18H26N4O4S. The molecule has 1 atom stereocenters.